The highest BCUT2D eigenvalue weighted by molar-refractivity contribution is 5.76. The first kappa shape index (κ1) is 13.5. The first-order valence-corrected chi connectivity index (χ1v) is 5.91. The molecule has 1 aromatic carbocycles. The molecule has 1 rings (SSSR count). The molecule has 0 aliphatic carbocycles. The van der Waals surface area contributed by atoms with E-state index in [2.05, 4.69) is 10.6 Å². The summed E-state index contributed by atoms with van der Waals surface area (Å²) in [5.74, 6) is -0.307. The third-order valence-electron chi connectivity index (χ3n) is 2.56. The number of carbonyl (C=O) groups is 1. The molecular weight excluding hydrogens is 219 g/mol. The topological polar surface area (TPSA) is 41.1 Å². The van der Waals surface area contributed by atoms with Crippen molar-refractivity contribution in [3.8, 4) is 0 Å². The average Bonchev–Trinajstić information content (AvgIpc) is 2.31. The molecule has 1 aromatic rings. The van der Waals surface area contributed by atoms with E-state index < -0.39 is 0 Å². The summed E-state index contributed by atoms with van der Waals surface area (Å²) in [6, 6.07) is 6.63. The second-order valence-corrected chi connectivity index (χ2v) is 4.03. The van der Waals surface area contributed by atoms with Crippen molar-refractivity contribution in [3.63, 3.8) is 0 Å². The third kappa shape index (κ3) is 4.85. The van der Waals surface area contributed by atoms with Gasteiger partial charge in [-0.3, -0.25) is 4.79 Å². The minimum atomic E-state index is -0.296. The molecule has 0 aliphatic heterocycles. The Bertz CT molecular complexity index is 368. The fourth-order valence-electron chi connectivity index (χ4n) is 1.36. The first-order chi connectivity index (χ1) is 8.13. The van der Waals surface area contributed by atoms with Crippen molar-refractivity contribution in [2.75, 3.05) is 11.9 Å². The van der Waals surface area contributed by atoms with E-state index in [1.165, 1.54) is 6.07 Å². The van der Waals surface area contributed by atoms with Gasteiger partial charge in [0.1, 0.15) is 5.82 Å². The lowest BCUT2D eigenvalue weighted by Gasteiger charge is -2.12. The highest BCUT2D eigenvalue weighted by Crippen LogP contribution is 2.11. The molecule has 0 bridgehead atoms. The lowest BCUT2D eigenvalue weighted by atomic mass is 10.2. The Morgan fingerprint density at radius 1 is 1.41 bits per heavy atom. The molecular formula is C13H19FN2O. The van der Waals surface area contributed by atoms with Crippen molar-refractivity contribution in [2.45, 2.75) is 32.7 Å². The number of hydrogen-bond donors (Lipinski definition) is 2. The van der Waals surface area contributed by atoms with Gasteiger partial charge in [-0.15, -0.1) is 0 Å². The number of amides is 1. The Hall–Kier alpha value is -1.58. The van der Waals surface area contributed by atoms with Gasteiger partial charge in [-0.2, -0.15) is 0 Å². The smallest absolute Gasteiger partial charge is 0.221 e. The molecule has 17 heavy (non-hydrogen) atoms. The Morgan fingerprint density at radius 3 is 2.76 bits per heavy atom. The molecule has 0 spiro atoms. The highest BCUT2D eigenvalue weighted by atomic mass is 19.1. The van der Waals surface area contributed by atoms with Crippen molar-refractivity contribution in [3.05, 3.63) is 30.1 Å². The largest absolute Gasteiger partial charge is 0.382 e. The summed E-state index contributed by atoms with van der Waals surface area (Å²) in [4.78, 5) is 11.4. The second-order valence-electron chi connectivity index (χ2n) is 4.03. The van der Waals surface area contributed by atoms with Crippen LogP contribution in [0.2, 0.25) is 0 Å². The molecule has 0 radical (unpaired) electrons. The van der Waals surface area contributed by atoms with Crippen LogP contribution in [-0.4, -0.2) is 18.5 Å². The molecule has 4 heteroatoms. The van der Waals surface area contributed by atoms with Crippen LogP contribution in [0.1, 0.15) is 26.7 Å². The standard InChI is InChI=1S/C13H19FN2O/c1-3-10(2)16-13(17)8-9-15-12-7-5-4-6-11(12)14/h4-7,10,15H,3,8-9H2,1-2H3,(H,16,17). The number of anilines is 1. The molecule has 1 unspecified atom stereocenters. The summed E-state index contributed by atoms with van der Waals surface area (Å²) in [5.41, 5.74) is 0.434. The number of hydrogen-bond acceptors (Lipinski definition) is 2. The van der Waals surface area contributed by atoms with Gasteiger partial charge in [0, 0.05) is 19.0 Å². The van der Waals surface area contributed by atoms with Gasteiger partial charge in [-0.05, 0) is 25.5 Å². The van der Waals surface area contributed by atoms with E-state index in [1.807, 2.05) is 13.8 Å². The van der Waals surface area contributed by atoms with E-state index in [9.17, 15) is 9.18 Å². The van der Waals surface area contributed by atoms with Crippen molar-refractivity contribution >= 4 is 11.6 Å². The maximum Gasteiger partial charge on any atom is 0.221 e. The van der Waals surface area contributed by atoms with E-state index in [1.54, 1.807) is 18.2 Å². The fraction of sp³-hybridized carbons (Fsp3) is 0.462. The fourth-order valence-corrected chi connectivity index (χ4v) is 1.36. The Morgan fingerprint density at radius 2 is 2.12 bits per heavy atom. The number of halogens is 1. The van der Waals surface area contributed by atoms with Crippen LogP contribution in [0, 0.1) is 5.82 Å². The predicted molar refractivity (Wildman–Crippen MR) is 67.4 cm³/mol. The monoisotopic (exact) mass is 238 g/mol. The zero-order valence-electron chi connectivity index (χ0n) is 10.3. The molecule has 1 atom stereocenters. The Balaban J connectivity index is 2.29. The van der Waals surface area contributed by atoms with Gasteiger partial charge in [-0.1, -0.05) is 19.1 Å². The SMILES string of the molecule is CCC(C)NC(=O)CCNc1ccccc1F. The molecule has 94 valence electrons. The summed E-state index contributed by atoms with van der Waals surface area (Å²) >= 11 is 0. The van der Waals surface area contributed by atoms with E-state index >= 15 is 0 Å². The molecule has 0 fully saturated rings. The van der Waals surface area contributed by atoms with Crippen LogP contribution >= 0.6 is 0 Å². The normalized spacial score (nSPS) is 11.9. The maximum absolute atomic E-state index is 13.2. The highest BCUT2D eigenvalue weighted by Gasteiger charge is 2.05. The molecule has 0 saturated heterocycles. The van der Waals surface area contributed by atoms with Crippen LogP contribution in [0.15, 0.2) is 24.3 Å². The van der Waals surface area contributed by atoms with Crippen LogP contribution < -0.4 is 10.6 Å². The van der Waals surface area contributed by atoms with E-state index in [0.717, 1.165) is 6.42 Å². The molecule has 2 N–H and O–H groups in total. The summed E-state index contributed by atoms with van der Waals surface area (Å²) in [6.07, 6.45) is 1.26. The van der Waals surface area contributed by atoms with Gasteiger partial charge >= 0.3 is 0 Å². The third-order valence-corrected chi connectivity index (χ3v) is 2.56. The Labute approximate surface area is 101 Å². The van der Waals surface area contributed by atoms with Gasteiger partial charge in [0.25, 0.3) is 0 Å². The summed E-state index contributed by atoms with van der Waals surface area (Å²) in [7, 11) is 0. The zero-order chi connectivity index (χ0) is 12.7. The van der Waals surface area contributed by atoms with E-state index in [-0.39, 0.29) is 17.8 Å². The van der Waals surface area contributed by atoms with E-state index in [4.69, 9.17) is 0 Å². The number of carbonyl (C=O) groups excluding carboxylic acids is 1. The average molecular weight is 238 g/mol. The predicted octanol–water partition coefficient (Wildman–Crippen LogP) is 2.54. The van der Waals surface area contributed by atoms with Gasteiger partial charge < -0.3 is 10.6 Å². The molecule has 0 heterocycles. The summed E-state index contributed by atoms with van der Waals surface area (Å²) in [6.45, 7) is 4.41. The van der Waals surface area contributed by atoms with Crippen molar-refractivity contribution in [2.24, 2.45) is 0 Å². The lowest BCUT2D eigenvalue weighted by molar-refractivity contribution is -0.121. The lowest BCUT2D eigenvalue weighted by Crippen LogP contribution is -2.32. The molecule has 0 aliphatic rings. The number of nitrogens with one attached hydrogen (secondary N) is 2. The first-order valence-electron chi connectivity index (χ1n) is 5.91. The van der Waals surface area contributed by atoms with Gasteiger partial charge in [0.05, 0.1) is 5.69 Å². The van der Waals surface area contributed by atoms with Crippen LogP contribution in [-0.2, 0) is 4.79 Å². The minimum absolute atomic E-state index is 0.0109. The maximum atomic E-state index is 13.2. The molecule has 3 nitrogen and oxygen atoms in total. The van der Waals surface area contributed by atoms with Gasteiger partial charge in [-0.25, -0.2) is 4.39 Å². The summed E-state index contributed by atoms with van der Waals surface area (Å²) in [5, 5.41) is 5.76. The number of benzene rings is 1. The molecule has 1 amide bonds. The van der Waals surface area contributed by atoms with Crippen molar-refractivity contribution < 1.29 is 9.18 Å². The van der Waals surface area contributed by atoms with Crippen LogP contribution in [0.3, 0.4) is 0 Å². The van der Waals surface area contributed by atoms with Crippen molar-refractivity contribution in [1.82, 2.24) is 5.32 Å². The number of rotatable bonds is 6. The summed E-state index contributed by atoms with van der Waals surface area (Å²) < 4.78 is 13.2. The molecule has 0 saturated carbocycles. The van der Waals surface area contributed by atoms with Gasteiger partial charge in [0.2, 0.25) is 5.91 Å². The number of para-hydroxylation sites is 1. The van der Waals surface area contributed by atoms with Gasteiger partial charge in [0.15, 0.2) is 0 Å². The Kier molecular flexibility index (Phi) is 5.46. The van der Waals surface area contributed by atoms with E-state index in [0.29, 0.717) is 18.7 Å². The van der Waals surface area contributed by atoms with Crippen LogP contribution in [0.4, 0.5) is 10.1 Å². The van der Waals surface area contributed by atoms with Crippen molar-refractivity contribution in [1.29, 1.82) is 0 Å². The zero-order valence-corrected chi connectivity index (χ0v) is 10.3. The minimum Gasteiger partial charge on any atom is -0.382 e. The quantitative estimate of drug-likeness (QED) is 0.799. The molecule has 0 aromatic heterocycles. The second kappa shape index (κ2) is 6.89. The van der Waals surface area contributed by atoms with Crippen LogP contribution in [0.5, 0.6) is 0 Å². The van der Waals surface area contributed by atoms with Crippen LogP contribution in [0.25, 0.3) is 0 Å².